The van der Waals surface area contributed by atoms with Gasteiger partial charge in [-0.2, -0.15) is 5.10 Å². The van der Waals surface area contributed by atoms with Crippen molar-refractivity contribution in [3.8, 4) is 0 Å². The maximum Gasteiger partial charge on any atom is 0.338 e. The zero-order valence-corrected chi connectivity index (χ0v) is 17.8. The Morgan fingerprint density at radius 2 is 1.59 bits per heavy atom. The lowest BCUT2D eigenvalue weighted by atomic mass is 9.78. The predicted octanol–water partition coefficient (Wildman–Crippen LogP) is 5.07. The maximum atomic E-state index is 12.6. The monoisotopic (exact) mass is 429 g/mol. The van der Waals surface area contributed by atoms with E-state index in [1.54, 1.807) is 41.4 Å². The van der Waals surface area contributed by atoms with Gasteiger partial charge < -0.3 is 4.74 Å². The molecule has 0 radical (unpaired) electrons. The van der Waals surface area contributed by atoms with Crippen molar-refractivity contribution >= 4 is 23.1 Å². The summed E-state index contributed by atoms with van der Waals surface area (Å²) in [5.74, 6) is -0.404. The van der Waals surface area contributed by atoms with Gasteiger partial charge in [-0.25, -0.2) is 4.79 Å². The van der Waals surface area contributed by atoms with Crippen LogP contribution >= 0.6 is 0 Å². The normalized spacial score (nSPS) is 17.0. The molecule has 32 heavy (non-hydrogen) atoms. The van der Waals surface area contributed by atoms with E-state index in [4.69, 9.17) is 9.84 Å². The average Bonchev–Trinajstić information content (AvgIpc) is 3.08. The summed E-state index contributed by atoms with van der Waals surface area (Å²) in [6.07, 6.45) is 0. The van der Waals surface area contributed by atoms with E-state index in [0.717, 1.165) is 11.3 Å². The van der Waals surface area contributed by atoms with E-state index >= 15 is 0 Å². The molecule has 0 aromatic heterocycles. The number of non-ortho nitro benzene ring substituents is 1. The second-order valence-corrected chi connectivity index (χ2v) is 8.13. The Bertz CT molecular complexity index is 1140. The van der Waals surface area contributed by atoms with Crippen LogP contribution in [0.5, 0.6) is 0 Å². The molecule has 4 rings (SSSR count). The van der Waals surface area contributed by atoms with Crippen LogP contribution < -0.4 is 5.01 Å². The number of rotatable bonds is 6. The quantitative estimate of drug-likeness (QED) is 0.310. The summed E-state index contributed by atoms with van der Waals surface area (Å²) in [5, 5.41) is 17.7. The number of carbonyl (C=O) groups excluding carboxylic acids is 1. The molecule has 7 heteroatoms. The third kappa shape index (κ3) is 4.09. The third-order valence-electron chi connectivity index (χ3n) is 5.70. The first-order chi connectivity index (χ1) is 15.4. The van der Waals surface area contributed by atoms with Crippen LogP contribution in [0.2, 0.25) is 0 Å². The van der Waals surface area contributed by atoms with Gasteiger partial charge in [0.1, 0.15) is 6.61 Å². The minimum absolute atomic E-state index is 0.00604. The van der Waals surface area contributed by atoms with Gasteiger partial charge in [0, 0.05) is 17.5 Å². The number of ether oxygens (including phenoxy) is 1. The van der Waals surface area contributed by atoms with Gasteiger partial charge in [0.2, 0.25) is 0 Å². The van der Waals surface area contributed by atoms with Crippen molar-refractivity contribution in [3.63, 3.8) is 0 Å². The summed E-state index contributed by atoms with van der Waals surface area (Å²) in [6.45, 7) is 4.23. The van der Waals surface area contributed by atoms with Crippen LogP contribution in [0.4, 0.5) is 11.4 Å². The fourth-order valence-electron chi connectivity index (χ4n) is 3.85. The van der Waals surface area contributed by atoms with Crippen molar-refractivity contribution in [2.75, 3.05) is 11.6 Å². The van der Waals surface area contributed by atoms with Gasteiger partial charge in [-0.3, -0.25) is 15.1 Å². The molecule has 0 bridgehead atoms. The predicted molar refractivity (Wildman–Crippen MR) is 123 cm³/mol. The number of hydrogen-bond donors (Lipinski definition) is 0. The van der Waals surface area contributed by atoms with Crippen molar-refractivity contribution in [3.05, 3.63) is 106 Å². The molecule has 0 aliphatic carbocycles. The molecular formula is C25H23N3O4. The zero-order valence-electron chi connectivity index (χ0n) is 17.8. The van der Waals surface area contributed by atoms with Crippen LogP contribution in [-0.2, 0) is 4.74 Å². The van der Waals surface area contributed by atoms with Crippen LogP contribution in [0.3, 0.4) is 0 Å². The van der Waals surface area contributed by atoms with Crippen molar-refractivity contribution < 1.29 is 14.5 Å². The Kier molecular flexibility index (Phi) is 5.73. The Labute approximate surface area is 186 Å². The highest BCUT2D eigenvalue weighted by Gasteiger charge is 2.46. The molecule has 1 aliphatic rings. The second-order valence-electron chi connectivity index (χ2n) is 8.13. The van der Waals surface area contributed by atoms with Gasteiger partial charge in [0.15, 0.2) is 0 Å². The molecule has 0 saturated heterocycles. The lowest BCUT2D eigenvalue weighted by molar-refractivity contribution is -0.384. The fraction of sp³-hybridized carbons (Fsp3) is 0.200. The SMILES string of the molecule is CC1(C)C(c2ccccc2)=NN(c2ccc([N+](=O)[O-])cc2)C1COC(=O)c1ccccc1. The molecule has 7 nitrogen and oxygen atoms in total. The molecule has 0 N–H and O–H groups in total. The Morgan fingerprint density at radius 1 is 1.00 bits per heavy atom. The summed E-state index contributed by atoms with van der Waals surface area (Å²) in [7, 11) is 0. The van der Waals surface area contributed by atoms with E-state index in [-0.39, 0.29) is 18.3 Å². The van der Waals surface area contributed by atoms with E-state index < -0.39 is 16.3 Å². The fourth-order valence-corrected chi connectivity index (χ4v) is 3.85. The number of carbonyl (C=O) groups is 1. The molecule has 0 fully saturated rings. The maximum absolute atomic E-state index is 12.6. The van der Waals surface area contributed by atoms with Crippen LogP contribution in [0.15, 0.2) is 90.0 Å². The first-order valence-electron chi connectivity index (χ1n) is 10.3. The van der Waals surface area contributed by atoms with Crippen molar-refractivity contribution in [1.29, 1.82) is 0 Å². The van der Waals surface area contributed by atoms with Crippen molar-refractivity contribution in [2.45, 2.75) is 19.9 Å². The number of nitrogens with zero attached hydrogens (tertiary/aromatic N) is 3. The lowest BCUT2D eigenvalue weighted by Crippen LogP contribution is -2.44. The molecule has 1 heterocycles. The molecule has 1 unspecified atom stereocenters. The van der Waals surface area contributed by atoms with E-state index in [0.29, 0.717) is 11.3 Å². The van der Waals surface area contributed by atoms with Gasteiger partial charge >= 0.3 is 5.97 Å². The molecule has 1 atom stereocenters. The van der Waals surface area contributed by atoms with Gasteiger partial charge in [-0.15, -0.1) is 0 Å². The molecule has 162 valence electrons. The third-order valence-corrected chi connectivity index (χ3v) is 5.70. The minimum atomic E-state index is -0.458. The molecule has 3 aromatic rings. The smallest absolute Gasteiger partial charge is 0.338 e. The lowest BCUT2D eigenvalue weighted by Gasteiger charge is -2.32. The molecule has 0 spiro atoms. The van der Waals surface area contributed by atoms with Crippen molar-refractivity contribution in [2.24, 2.45) is 10.5 Å². The summed E-state index contributed by atoms with van der Waals surface area (Å²) in [6, 6.07) is 24.6. The van der Waals surface area contributed by atoms with Gasteiger partial charge in [-0.1, -0.05) is 62.4 Å². The molecule has 0 amide bonds. The van der Waals surface area contributed by atoms with Crippen LogP contribution in [-0.4, -0.2) is 29.3 Å². The highest BCUT2D eigenvalue weighted by molar-refractivity contribution is 6.07. The number of benzene rings is 3. The van der Waals surface area contributed by atoms with Crippen LogP contribution in [0.1, 0.15) is 29.8 Å². The minimum Gasteiger partial charge on any atom is -0.460 e. The number of hydrazone groups is 1. The first kappa shape index (κ1) is 21.2. The van der Waals surface area contributed by atoms with E-state index in [9.17, 15) is 14.9 Å². The zero-order chi connectivity index (χ0) is 22.7. The number of esters is 1. The highest BCUT2D eigenvalue weighted by Crippen LogP contribution is 2.40. The number of nitro benzene ring substituents is 1. The molecule has 3 aromatic carbocycles. The number of nitro groups is 1. The average molecular weight is 429 g/mol. The first-order valence-corrected chi connectivity index (χ1v) is 10.3. The molecule has 1 aliphatic heterocycles. The van der Waals surface area contributed by atoms with Gasteiger partial charge in [0.25, 0.3) is 5.69 Å². The summed E-state index contributed by atoms with van der Waals surface area (Å²) >= 11 is 0. The Hall–Kier alpha value is -4.00. The van der Waals surface area contributed by atoms with E-state index in [1.165, 1.54) is 12.1 Å². The second kappa shape index (κ2) is 8.63. The van der Waals surface area contributed by atoms with E-state index in [1.807, 2.05) is 36.4 Å². The molecular weight excluding hydrogens is 406 g/mol. The topological polar surface area (TPSA) is 85.0 Å². The number of hydrogen-bond acceptors (Lipinski definition) is 6. The van der Waals surface area contributed by atoms with Crippen LogP contribution in [0, 0.1) is 15.5 Å². The Balaban J connectivity index is 1.66. The largest absolute Gasteiger partial charge is 0.460 e. The molecule has 0 saturated carbocycles. The highest BCUT2D eigenvalue weighted by atomic mass is 16.6. The Morgan fingerprint density at radius 3 is 2.19 bits per heavy atom. The van der Waals surface area contributed by atoms with Gasteiger partial charge in [-0.05, 0) is 29.8 Å². The van der Waals surface area contributed by atoms with Crippen molar-refractivity contribution in [1.82, 2.24) is 0 Å². The summed E-state index contributed by atoms with van der Waals surface area (Å²) < 4.78 is 5.68. The van der Waals surface area contributed by atoms with Crippen LogP contribution in [0.25, 0.3) is 0 Å². The number of anilines is 1. The summed E-state index contributed by atoms with van der Waals surface area (Å²) in [4.78, 5) is 23.2. The summed E-state index contributed by atoms with van der Waals surface area (Å²) in [5.41, 5.74) is 2.55. The van der Waals surface area contributed by atoms with Gasteiger partial charge in [0.05, 0.1) is 27.9 Å². The van der Waals surface area contributed by atoms with E-state index in [2.05, 4.69) is 13.8 Å². The standard InChI is InChI=1S/C25H23N3O4/c1-25(2)22(17-32-24(29)19-11-7-4-8-12-19)27(20-13-15-21(16-14-20)28(30)31)26-23(25)18-9-5-3-6-10-18/h3-16,22H,17H2,1-2H3.